The van der Waals surface area contributed by atoms with E-state index < -0.39 is 5.97 Å². The maximum Gasteiger partial charge on any atom is 0.305 e. The number of hydrogen-bond donors (Lipinski definition) is 2. The molecule has 0 aromatic rings. The number of aliphatic carboxylic acids is 1. The Morgan fingerprint density at radius 1 is 0.400 bits per heavy atom. The van der Waals surface area contributed by atoms with Gasteiger partial charge < -0.3 is 62.5 Å². The lowest BCUT2D eigenvalue weighted by Gasteiger charge is -2.09. The van der Waals surface area contributed by atoms with Crippen molar-refractivity contribution in [1.29, 1.82) is 0 Å². The smallest absolute Gasteiger partial charge is 0.305 e. The third-order valence-corrected chi connectivity index (χ3v) is 4.68. The Bertz CT molecular complexity index is 492. The molecule has 0 fully saturated rings. The van der Waals surface area contributed by atoms with E-state index in [2.05, 4.69) is 5.32 Å². The molecule has 0 radical (unpaired) electrons. The summed E-state index contributed by atoms with van der Waals surface area (Å²) in [5.74, 6) is -0.873. The van der Waals surface area contributed by atoms with Gasteiger partial charge in [0.1, 0.15) is 0 Å². The van der Waals surface area contributed by atoms with Gasteiger partial charge in [-0.15, -0.1) is 0 Å². The Labute approximate surface area is 239 Å². The second kappa shape index (κ2) is 36.0. The number of carboxylic acids is 1. The first-order chi connectivity index (χ1) is 19.8. The van der Waals surface area contributed by atoms with Crippen LogP contribution in [0.5, 0.6) is 0 Å². The molecule has 0 aliphatic carbocycles. The molecule has 14 nitrogen and oxygen atoms in total. The predicted molar refractivity (Wildman–Crippen MR) is 145 cm³/mol. The highest BCUT2D eigenvalue weighted by Crippen LogP contribution is 1.87. The van der Waals surface area contributed by atoms with Crippen molar-refractivity contribution >= 4 is 5.97 Å². The molecule has 40 heavy (non-hydrogen) atoms. The average molecular weight is 588 g/mol. The first-order valence-corrected chi connectivity index (χ1v) is 14.0. The fourth-order valence-electron chi connectivity index (χ4n) is 2.63. The van der Waals surface area contributed by atoms with Gasteiger partial charge in [0.2, 0.25) is 0 Å². The van der Waals surface area contributed by atoms with Gasteiger partial charge in [0.15, 0.2) is 0 Å². The highest BCUT2D eigenvalue weighted by atomic mass is 16.6. The van der Waals surface area contributed by atoms with E-state index in [0.29, 0.717) is 139 Å². The summed E-state index contributed by atoms with van der Waals surface area (Å²) in [5, 5.41) is 11.5. The minimum Gasteiger partial charge on any atom is -0.481 e. The lowest BCUT2D eigenvalue weighted by atomic mass is 10.5. The number of likely N-dealkylation sites (N-methyl/N-ethyl adjacent to an activating group) is 1. The number of hydrogen-bond acceptors (Lipinski definition) is 13. The summed E-state index contributed by atoms with van der Waals surface area (Å²) in [5.41, 5.74) is 0. The van der Waals surface area contributed by atoms with Crippen molar-refractivity contribution in [2.75, 3.05) is 159 Å². The fourth-order valence-corrected chi connectivity index (χ4v) is 2.63. The summed E-state index contributed by atoms with van der Waals surface area (Å²) < 4.78 is 59.2. The van der Waals surface area contributed by atoms with E-state index in [1.54, 1.807) is 0 Å². The molecule has 0 aromatic heterocycles. The highest BCUT2D eigenvalue weighted by molar-refractivity contribution is 5.66. The second-order valence-corrected chi connectivity index (χ2v) is 7.98. The van der Waals surface area contributed by atoms with Crippen LogP contribution in [0.2, 0.25) is 0 Å². The van der Waals surface area contributed by atoms with Crippen LogP contribution < -0.4 is 5.32 Å². The number of rotatable bonds is 36. The van der Waals surface area contributed by atoms with Crippen molar-refractivity contribution in [3.63, 3.8) is 0 Å². The SMILES string of the molecule is CNCCOCCOCCOCCOCCOCCOCCOCCOCCOCCOCCOCCC(=O)O. The molecule has 240 valence electrons. The van der Waals surface area contributed by atoms with E-state index in [-0.39, 0.29) is 13.0 Å². The van der Waals surface area contributed by atoms with E-state index in [1.807, 2.05) is 7.05 Å². The standard InChI is InChI=1S/C26H53NO13/c1-27-3-5-31-7-9-33-11-13-35-15-17-37-19-21-39-23-25-40-24-22-38-20-18-36-16-14-34-12-10-32-8-6-30-4-2-26(28)29/h27H,2-25H2,1H3,(H,28,29). The number of carbonyl (C=O) groups is 1. The zero-order chi connectivity index (χ0) is 29.0. The van der Waals surface area contributed by atoms with Gasteiger partial charge >= 0.3 is 5.97 Å². The minimum atomic E-state index is -0.873. The lowest BCUT2D eigenvalue weighted by molar-refractivity contribution is -0.138. The average Bonchev–Trinajstić information content (AvgIpc) is 2.95. The lowest BCUT2D eigenvalue weighted by Crippen LogP contribution is -2.17. The van der Waals surface area contributed by atoms with Crippen molar-refractivity contribution in [2.45, 2.75) is 6.42 Å². The van der Waals surface area contributed by atoms with E-state index in [1.165, 1.54) is 0 Å². The zero-order valence-corrected chi connectivity index (χ0v) is 24.3. The Hall–Kier alpha value is -1.01. The maximum absolute atomic E-state index is 10.3. The largest absolute Gasteiger partial charge is 0.481 e. The van der Waals surface area contributed by atoms with Crippen molar-refractivity contribution in [3.05, 3.63) is 0 Å². The molecule has 0 saturated carbocycles. The first-order valence-electron chi connectivity index (χ1n) is 14.0. The molecule has 0 unspecified atom stereocenters. The van der Waals surface area contributed by atoms with Gasteiger partial charge in [0.05, 0.1) is 152 Å². The number of ether oxygens (including phenoxy) is 11. The van der Waals surface area contributed by atoms with Gasteiger partial charge in [-0.05, 0) is 7.05 Å². The van der Waals surface area contributed by atoms with Crippen molar-refractivity contribution < 1.29 is 62.0 Å². The van der Waals surface area contributed by atoms with Crippen LogP contribution in [-0.2, 0) is 56.9 Å². The molecule has 0 aliphatic rings. The molecule has 0 rings (SSSR count). The monoisotopic (exact) mass is 587 g/mol. The Balaban J connectivity index is 3.03. The van der Waals surface area contributed by atoms with E-state index in [4.69, 9.17) is 57.2 Å². The fraction of sp³-hybridized carbons (Fsp3) is 0.962. The maximum atomic E-state index is 10.3. The van der Waals surface area contributed by atoms with Crippen molar-refractivity contribution in [3.8, 4) is 0 Å². The molecule has 0 saturated heterocycles. The summed E-state index contributed by atoms with van der Waals surface area (Å²) in [6, 6.07) is 0. The van der Waals surface area contributed by atoms with E-state index in [0.717, 1.165) is 6.54 Å². The first kappa shape index (κ1) is 39.0. The van der Waals surface area contributed by atoms with Gasteiger partial charge in [0.25, 0.3) is 0 Å². The van der Waals surface area contributed by atoms with Crippen molar-refractivity contribution in [2.24, 2.45) is 0 Å². The molecule has 0 bridgehead atoms. The molecular weight excluding hydrogens is 534 g/mol. The van der Waals surface area contributed by atoms with Crippen LogP contribution >= 0.6 is 0 Å². The number of carboxylic acid groups (broad SMARTS) is 1. The Kier molecular flexibility index (Phi) is 35.1. The second-order valence-electron chi connectivity index (χ2n) is 7.98. The van der Waals surface area contributed by atoms with Crippen molar-refractivity contribution in [1.82, 2.24) is 5.32 Å². The third-order valence-electron chi connectivity index (χ3n) is 4.68. The van der Waals surface area contributed by atoms with Gasteiger partial charge in [-0.1, -0.05) is 0 Å². The Morgan fingerprint density at radius 2 is 0.600 bits per heavy atom. The van der Waals surface area contributed by atoms with Crippen LogP contribution in [-0.4, -0.2) is 170 Å². The Morgan fingerprint density at radius 3 is 0.800 bits per heavy atom. The molecule has 0 spiro atoms. The van der Waals surface area contributed by atoms with Gasteiger partial charge in [-0.3, -0.25) is 4.79 Å². The minimum absolute atomic E-state index is 0.000144. The van der Waals surface area contributed by atoms with Crippen LogP contribution in [0.25, 0.3) is 0 Å². The van der Waals surface area contributed by atoms with Crippen LogP contribution in [0.1, 0.15) is 6.42 Å². The zero-order valence-electron chi connectivity index (χ0n) is 24.3. The van der Waals surface area contributed by atoms with Crippen LogP contribution in [0.15, 0.2) is 0 Å². The molecule has 0 heterocycles. The quantitative estimate of drug-likeness (QED) is 0.0936. The van der Waals surface area contributed by atoms with Gasteiger partial charge in [0, 0.05) is 6.54 Å². The summed E-state index contributed by atoms with van der Waals surface area (Å²) >= 11 is 0. The third kappa shape index (κ3) is 37.0. The summed E-state index contributed by atoms with van der Waals surface area (Å²) in [4.78, 5) is 10.3. The van der Waals surface area contributed by atoms with Crippen LogP contribution in [0, 0.1) is 0 Å². The molecule has 0 amide bonds. The highest BCUT2D eigenvalue weighted by Gasteiger charge is 1.97. The molecular formula is C26H53NO13. The summed E-state index contributed by atoms with van der Waals surface area (Å²) in [6.07, 6.45) is -0.000144. The number of nitrogens with one attached hydrogen (secondary N) is 1. The summed E-state index contributed by atoms with van der Waals surface area (Å²) in [6.45, 7) is 11.7. The van der Waals surface area contributed by atoms with Crippen LogP contribution in [0.4, 0.5) is 0 Å². The molecule has 0 atom stereocenters. The van der Waals surface area contributed by atoms with E-state index >= 15 is 0 Å². The van der Waals surface area contributed by atoms with Gasteiger partial charge in [-0.25, -0.2) is 0 Å². The normalized spacial score (nSPS) is 11.4. The predicted octanol–water partition coefficient (Wildman–Crippen LogP) is -0.137. The molecule has 0 aromatic carbocycles. The molecule has 2 N–H and O–H groups in total. The molecule has 14 heteroatoms. The van der Waals surface area contributed by atoms with Gasteiger partial charge in [-0.2, -0.15) is 0 Å². The topological polar surface area (TPSA) is 151 Å². The summed E-state index contributed by atoms with van der Waals surface area (Å²) in [7, 11) is 1.89. The van der Waals surface area contributed by atoms with Crippen LogP contribution in [0.3, 0.4) is 0 Å². The van der Waals surface area contributed by atoms with E-state index in [9.17, 15) is 4.79 Å². The molecule has 0 aliphatic heterocycles.